The Kier molecular flexibility index (Phi) is 4.75. The lowest BCUT2D eigenvalue weighted by atomic mass is 9.90. The Bertz CT molecular complexity index is 354. The number of nitrogens with one attached hydrogen (secondary N) is 1. The Morgan fingerprint density at radius 3 is 2.76 bits per heavy atom. The zero-order valence-corrected chi connectivity index (χ0v) is 11.2. The van der Waals surface area contributed by atoms with Crippen molar-refractivity contribution >= 4 is 5.69 Å². The second-order valence-electron chi connectivity index (χ2n) is 5.07. The summed E-state index contributed by atoms with van der Waals surface area (Å²) >= 11 is 0. The van der Waals surface area contributed by atoms with Gasteiger partial charge in [-0.15, -0.1) is 0 Å². The van der Waals surface area contributed by atoms with Crippen molar-refractivity contribution in [3.8, 4) is 5.88 Å². The second kappa shape index (κ2) is 5.87. The van der Waals surface area contributed by atoms with Gasteiger partial charge in [0.1, 0.15) is 0 Å². The van der Waals surface area contributed by atoms with Crippen LogP contribution in [0.3, 0.4) is 0 Å². The number of hydrogen-bond acceptors (Lipinski definition) is 4. The van der Waals surface area contributed by atoms with E-state index in [1.165, 1.54) is 0 Å². The minimum atomic E-state index is -0.0967. The first kappa shape index (κ1) is 13.8. The number of anilines is 1. The molecule has 0 bridgehead atoms. The molecule has 4 nitrogen and oxygen atoms in total. The lowest BCUT2D eigenvalue weighted by Crippen LogP contribution is -2.43. The van der Waals surface area contributed by atoms with Crippen LogP contribution >= 0.6 is 0 Å². The van der Waals surface area contributed by atoms with Gasteiger partial charge in [0, 0.05) is 30.0 Å². The molecule has 0 aliphatic rings. The molecule has 1 aromatic heterocycles. The van der Waals surface area contributed by atoms with Gasteiger partial charge in [-0.3, -0.25) is 0 Å². The molecule has 4 heteroatoms. The van der Waals surface area contributed by atoms with E-state index in [9.17, 15) is 0 Å². The zero-order valence-electron chi connectivity index (χ0n) is 11.2. The summed E-state index contributed by atoms with van der Waals surface area (Å²) in [5.74, 6) is 1.21. The number of pyridine rings is 1. The molecule has 1 heterocycles. The first-order chi connectivity index (χ1) is 7.99. The molecular formula is C13H23N3O. The molecule has 0 saturated heterocycles. The van der Waals surface area contributed by atoms with E-state index in [4.69, 9.17) is 10.5 Å². The topological polar surface area (TPSA) is 60.2 Å². The molecule has 3 N–H and O–H groups in total. The lowest BCUT2D eigenvalue weighted by molar-refractivity contribution is 0.395. The summed E-state index contributed by atoms with van der Waals surface area (Å²) in [6, 6.07) is 3.81. The van der Waals surface area contributed by atoms with Crippen LogP contribution in [0.1, 0.15) is 27.2 Å². The van der Waals surface area contributed by atoms with Crippen molar-refractivity contribution < 1.29 is 4.74 Å². The van der Waals surface area contributed by atoms with E-state index in [0.29, 0.717) is 18.3 Å². The minimum absolute atomic E-state index is 0.0967. The van der Waals surface area contributed by atoms with Gasteiger partial charge < -0.3 is 15.8 Å². The van der Waals surface area contributed by atoms with Gasteiger partial charge >= 0.3 is 0 Å². The first-order valence-electron chi connectivity index (χ1n) is 5.97. The third kappa shape index (κ3) is 4.23. The summed E-state index contributed by atoms with van der Waals surface area (Å²) in [6.07, 6.45) is 2.75. The molecule has 0 aromatic carbocycles. The number of aromatic nitrogens is 1. The van der Waals surface area contributed by atoms with Crippen molar-refractivity contribution in [2.24, 2.45) is 11.7 Å². The quantitative estimate of drug-likeness (QED) is 0.796. The van der Waals surface area contributed by atoms with E-state index in [-0.39, 0.29) is 5.54 Å². The van der Waals surface area contributed by atoms with E-state index in [2.05, 4.69) is 31.1 Å². The van der Waals surface area contributed by atoms with E-state index in [1.807, 2.05) is 12.1 Å². The summed E-state index contributed by atoms with van der Waals surface area (Å²) < 4.78 is 5.10. The van der Waals surface area contributed by atoms with Crippen LogP contribution in [0.15, 0.2) is 18.3 Å². The fourth-order valence-corrected chi connectivity index (χ4v) is 2.03. The van der Waals surface area contributed by atoms with Crippen molar-refractivity contribution in [3.05, 3.63) is 18.3 Å². The molecule has 0 saturated carbocycles. The van der Waals surface area contributed by atoms with Crippen LogP contribution < -0.4 is 15.8 Å². The Morgan fingerprint density at radius 2 is 2.24 bits per heavy atom. The van der Waals surface area contributed by atoms with Gasteiger partial charge in [0.2, 0.25) is 5.88 Å². The number of methoxy groups -OCH3 is 1. The van der Waals surface area contributed by atoms with Crippen molar-refractivity contribution in [1.29, 1.82) is 0 Å². The Morgan fingerprint density at radius 1 is 1.53 bits per heavy atom. The Hall–Kier alpha value is -1.29. The number of nitrogens with zero attached hydrogens (tertiary/aromatic N) is 1. The van der Waals surface area contributed by atoms with Crippen LogP contribution in [-0.4, -0.2) is 24.2 Å². The fourth-order valence-electron chi connectivity index (χ4n) is 2.03. The Labute approximate surface area is 104 Å². The highest BCUT2D eigenvalue weighted by atomic mass is 16.5. The maximum absolute atomic E-state index is 5.86. The van der Waals surface area contributed by atoms with Crippen molar-refractivity contribution in [2.75, 3.05) is 19.0 Å². The van der Waals surface area contributed by atoms with Crippen LogP contribution in [0.4, 0.5) is 5.69 Å². The summed E-state index contributed by atoms with van der Waals surface area (Å²) in [5.41, 5.74) is 6.76. The molecule has 0 fully saturated rings. The second-order valence-corrected chi connectivity index (χ2v) is 5.07. The average molecular weight is 237 g/mol. The largest absolute Gasteiger partial charge is 0.481 e. The predicted octanol–water partition coefficient (Wildman–Crippen LogP) is 2.27. The van der Waals surface area contributed by atoms with Crippen molar-refractivity contribution in [2.45, 2.75) is 32.7 Å². The molecule has 0 aliphatic heterocycles. The molecule has 96 valence electrons. The fraction of sp³-hybridized carbons (Fsp3) is 0.615. The van der Waals surface area contributed by atoms with Gasteiger partial charge in [-0.1, -0.05) is 13.8 Å². The monoisotopic (exact) mass is 237 g/mol. The summed E-state index contributed by atoms with van der Waals surface area (Å²) in [5, 5.41) is 3.47. The van der Waals surface area contributed by atoms with Crippen molar-refractivity contribution in [3.63, 3.8) is 0 Å². The van der Waals surface area contributed by atoms with E-state index in [0.717, 1.165) is 12.1 Å². The highest BCUT2D eigenvalue weighted by molar-refractivity contribution is 5.47. The highest BCUT2D eigenvalue weighted by Gasteiger charge is 2.23. The average Bonchev–Trinajstić information content (AvgIpc) is 2.28. The van der Waals surface area contributed by atoms with Gasteiger partial charge in [0.05, 0.1) is 7.11 Å². The van der Waals surface area contributed by atoms with Gasteiger partial charge in [0.25, 0.3) is 0 Å². The van der Waals surface area contributed by atoms with Crippen LogP contribution in [0, 0.1) is 5.92 Å². The summed E-state index contributed by atoms with van der Waals surface area (Å²) in [4.78, 5) is 4.08. The molecule has 1 aromatic rings. The summed E-state index contributed by atoms with van der Waals surface area (Å²) in [6.45, 7) is 7.13. The molecule has 0 radical (unpaired) electrons. The standard InChI is InChI=1S/C13H23N3O/c1-10(2)8-13(3,9-14)16-11-5-6-15-12(7-11)17-4/h5-7,10H,8-9,14H2,1-4H3,(H,15,16). The molecule has 1 rings (SSSR count). The molecule has 0 amide bonds. The Balaban J connectivity index is 2.79. The lowest BCUT2D eigenvalue weighted by Gasteiger charge is -2.32. The normalized spacial score (nSPS) is 14.5. The van der Waals surface area contributed by atoms with Gasteiger partial charge in [-0.2, -0.15) is 0 Å². The number of hydrogen-bond donors (Lipinski definition) is 2. The minimum Gasteiger partial charge on any atom is -0.481 e. The van der Waals surface area contributed by atoms with Gasteiger partial charge in [0.15, 0.2) is 0 Å². The number of rotatable bonds is 6. The van der Waals surface area contributed by atoms with E-state index in [1.54, 1.807) is 13.3 Å². The van der Waals surface area contributed by atoms with Crippen LogP contribution in [0.2, 0.25) is 0 Å². The molecule has 0 aliphatic carbocycles. The maximum atomic E-state index is 5.86. The SMILES string of the molecule is COc1cc(NC(C)(CN)CC(C)C)ccn1. The molecular weight excluding hydrogens is 214 g/mol. The smallest absolute Gasteiger partial charge is 0.214 e. The van der Waals surface area contributed by atoms with Gasteiger partial charge in [-0.25, -0.2) is 4.98 Å². The molecule has 1 atom stereocenters. The number of nitrogens with two attached hydrogens (primary N) is 1. The summed E-state index contributed by atoms with van der Waals surface area (Å²) in [7, 11) is 1.61. The van der Waals surface area contributed by atoms with Crippen molar-refractivity contribution in [1.82, 2.24) is 4.98 Å². The molecule has 1 unspecified atom stereocenters. The van der Waals surface area contributed by atoms with E-state index < -0.39 is 0 Å². The molecule has 17 heavy (non-hydrogen) atoms. The third-order valence-electron chi connectivity index (χ3n) is 2.70. The third-order valence-corrected chi connectivity index (χ3v) is 2.70. The van der Waals surface area contributed by atoms with Crippen LogP contribution in [0.25, 0.3) is 0 Å². The predicted molar refractivity (Wildman–Crippen MR) is 71.3 cm³/mol. The first-order valence-corrected chi connectivity index (χ1v) is 5.97. The van der Waals surface area contributed by atoms with Gasteiger partial charge in [-0.05, 0) is 25.3 Å². The zero-order chi connectivity index (χ0) is 12.9. The number of ether oxygens (including phenoxy) is 1. The van der Waals surface area contributed by atoms with Crippen LogP contribution in [-0.2, 0) is 0 Å². The van der Waals surface area contributed by atoms with Crippen LogP contribution in [0.5, 0.6) is 5.88 Å². The maximum Gasteiger partial charge on any atom is 0.214 e. The highest BCUT2D eigenvalue weighted by Crippen LogP contribution is 2.23. The van der Waals surface area contributed by atoms with E-state index >= 15 is 0 Å². The molecule has 0 spiro atoms.